The molecule has 1 saturated heterocycles. The summed E-state index contributed by atoms with van der Waals surface area (Å²) in [6.45, 7) is 3.90. The van der Waals surface area contributed by atoms with Crippen LogP contribution >= 0.6 is 0 Å². The van der Waals surface area contributed by atoms with Gasteiger partial charge in [0, 0.05) is 58.1 Å². The van der Waals surface area contributed by atoms with Crippen molar-refractivity contribution >= 4 is 17.7 Å². The van der Waals surface area contributed by atoms with Crippen molar-refractivity contribution in [2.75, 3.05) is 32.7 Å². The van der Waals surface area contributed by atoms with Crippen LogP contribution in [0.15, 0.2) is 48.8 Å². The molecule has 4 rings (SSSR count). The van der Waals surface area contributed by atoms with Crippen molar-refractivity contribution in [2.24, 2.45) is 0 Å². The van der Waals surface area contributed by atoms with E-state index >= 15 is 0 Å². The third kappa shape index (κ3) is 3.66. The maximum absolute atomic E-state index is 12.6. The molecular weight excluding hydrogens is 356 g/mol. The summed E-state index contributed by atoms with van der Waals surface area (Å²) >= 11 is 0. The van der Waals surface area contributed by atoms with Gasteiger partial charge in [0.1, 0.15) is 0 Å². The van der Waals surface area contributed by atoms with Crippen LogP contribution < -0.4 is 0 Å². The van der Waals surface area contributed by atoms with Crippen molar-refractivity contribution in [3.63, 3.8) is 0 Å². The van der Waals surface area contributed by atoms with Crippen LogP contribution in [0.1, 0.15) is 32.7 Å². The summed E-state index contributed by atoms with van der Waals surface area (Å²) in [7, 11) is 0. The number of fused-ring (bicyclic) bond motifs is 1. The van der Waals surface area contributed by atoms with E-state index < -0.39 is 0 Å². The van der Waals surface area contributed by atoms with Crippen molar-refractivity contribution in [1.29, 1.82) is 0 Å². The lowest BCUT2D eigenvalue weighted by molar-refractivity contribution is -0.133. The van der Waals surface area contributed by atoms with Crippen molar-refractivity contribution in [1.82, 2.24) is 19.7 Å². The number of hydrogen-bond donors (Lipinski definition) is 0. The first-order valence-electron chi connectivity index (χ1n) is 9.48. The highest BCUT2D eigenvalue weighted by Gasteiger charge is 2.35. The van der Waals surface area contributed by atoms with Gasteiger partial charge in [-0.3, -0.25) is 29.2 Å². The highest BCUT2D eigenvalue weighted by Crippen LogP contribution is 2.22. The number of rotatable bonds is 5. The fraction of sp³-hybridized carbons (Fsp3) is 0.333. The third-order valence-corrected chi connectivity index (χ3v) is 5.31. The highest BCUT2D eigenvalue weighted by atomic mass is 16.2. The van der Waals surface area contributed by atoms with Crippen LogP contribution in [0.3, 0.4) is 0 Å². The molecule has 7 nitrogen and oxygen atoms in total. The first kappa shape index (κ1) is 18.3. The molecule has 0 saturated carbocycles. The van der Waals surface area contributed by atoms with Crippen LogP contribution in [-0.2, 0) is 11.3 Å². The molecule has 1 aromatic carbocycles. The zero-order chi connectivity index (χ0) is 19.5. The SMILES string of the molecule is O=C(CCN1C(=O)c2ccccc2C1=O)N1CCN(Cc2ccncc2)CC1. The summed E-state index contributed by atoms with van der Waals surface area (Å²) in [6, 6.07) is 10.8. The van der Waals surface area contributed by atoms with E-state index in [0.29, 0.717) is 24.2 Å². The summed E-state index contributed by atoms with van der Waals surface area (Å²) in [4.78, 5) is 46.7. The molecule has 0 N–H and O–H groups in total. The number of aromatic nitrogens is 1. The maximum atomic E-state index is 12.6. The molecule has 0 spiro atoms. The fourth-order valence-corrected chi connectivity index (χ4v) is 3.71. The molecule has 0 atom stereocenters. The molecular formula is C21H22N4O3. The quantitative estimate of drug-likeness (QED) is 0.736. The topological polar surface area (TPSA) is 73.8 Å². The second-order valence-electron chi connectivity index (χ2n) is 7.07. The summed E-state index contributed by atoms with van der Waals surface area (Å²) in [5.41, 5.74) is 2.05. The average molecular weight is 378 g/mol. The lowest BCUT2D eigenvalue weighted by atomic mass is 10.1. The van der Waals surface area contributed by atoms with Crippen LogP contribution in [0.4, 0.5) is 0 Å². The smallest absolute Gasteiger partial charge is 0.261 e. The number of benzene rings is 1. The van der Waals surface area contributed by atoms with Gasteiger partial charge in [-0.1, -0.05) is 12.1 Å². The van der Waals surface area contributed by atoms with Crippen LogP contribution in [0.2, 0.25) is 0 Å². The minimum atomic E-state index is -0.310. The molecule has 1 aromatic heterocycles. The minimum Gasteiger partial charge on any atom is -0.340 e. The highest BCUT2D eigenvalue weighted by molar-refractivity contribution is 6.21. The van der Waals surface area contributed by atoms with E-state index in [0.717, 1.165) is 19.6 Å². The standard InChI is InChI=1S/C21H22N4O3/c26-19(7-10-25-20(27)17-3-1-2-4-18(17)21(25)28)24-13-11-23(12-14-24)15-16-5-8-22-9-6-16/h1-6,8-9H,7,10-15H2. The predicted octanol–water partition coefficient (Wildman–Crippen LogP) is 1.41. The van der Waals surface area contributed by atoms with Gasteiger partial charge in [0.05, 0.1) is 11.1 Å². The van der Waals surface area contributed by atoms with Gasteiger partial charge in [-0.2, -0.15) is 0 Å². The van der Waals surface area contributed by atoms with E-state index in [4.69, 9.17) is 0 Å². The van der Waals surface area contributed by atoms with Gasteiger partial charge in [0.25, 0.3) is 11.8 Å². The second-order valence-corrected chi connectivity index (χ2v) is 7.07. The Bertz CT molecular complexity index is 857. The van der Waals surface area contributed by atoms with Crippen LogP contribution in [0.25, 0.3) is 0 Å². The zero-order valence-corrected chi connectivity index (χ0v) is 15.6. The van der Waals surface area contributed by atoms with Gasteiger partial charge < -0.3 is 4.90 Å². The lowest BCUT2D eigenvalue weighted by Gasteiger charge is -2.35. The molecule has 0 bridgehead atoms. The van der Waals surface area contributed by atoms with Gasteiger partial charge in [-0.15, -0.1) is 0 Å². The van der Waals surface area contributed by atoms with Crippen molar-refractivity contribution in [3.05, 3.63) is 65.5 Å². The van der Waals surface area contributed by atoms with Gasteiger partial charge >= 0.3 is 0 Å². The second kappa shape index (κ2) is 7.90. The Morgan fingerprint density at radius 1 is 0.893 bits per heavy atom. The van der Waals surface area contributed by atoms with E-state index in [1.54, 1.807) is 36.7 Å². The summed E-state index contributed by atoms with van der Waals surface area (Å²) < 4.78 is 0. The Morgan fingerprint density at radius 2 is 1.50 bits per heavy atom. The Balaban J connectivity index is 1.27. The molecule has 7 heteroatoms. The number of carbonyl (C=O) groups excluding carboxylic acids is 3. The Hall–Kier alpha value is -3.06. The average Bonchev–Trinajstić information content (AvgIpc) is 2.98. The molecule has 0 unspecified atom stereocenters. The fourth-order valence-electron chi connectivity index (χ4n) is 3.71. The van der Waals surface area contributed by atoms with Gasteiger partial charge in [-0.05, 0) is 29.8 Å². The number of pyridine rings is 1. The Morgan fingerprint density at radius 3 is 2.11 bits per heavy atom. The molecule has 2 aliphatic rings. The normalized spacial score (nSPS) is 17.1. The van der Waals surface area contributed by atoms with Crippen molar-refractivity contribution in [2.45, 2.75) is 13.0 Å². The largest absolute Gasteiger partial charge is 0.340 e. The summed E-state index contributed by atoms with van der Waals surface area (Å²) in [6.07, 6.45) is 3.73. The summed E-state index contributed by atoms with van der Waals surface area (Å²) in [5, 5.41) is 0. The van der Waals surface area contributed by atoms with E-state index in [1.807, 2.05) is 17.0 Å². The number of piperazine rings is 1. The van der Waals surface area contributed by atoms with Crippen molar-refractivity contribution in [3.8, 4) is 0 Å². The number of amides is 3. The van der Waals surface area contributed by atoms with Gasteiger partial charge in [0.15, 0.2) is 0 Å². The van der Waals surface area contributed by atoms with E-state index in [9.17, 15) is 14.4 Å². The van der Waals surface area contributed by atoms with E-state index in [2.05, 4.69) is 9.88 Å². The molecule has 144 valence electrons. The number of imide groups is 1. The molecule has 3 amide bonds. The zero-order valence-electron chi connectivity index (χ0n) is 15.6. The lowest BCUT2D eigenvalue weighted by Crippen LogP contribution is -2.49. The summed E-state index contributed by atoms with van der Waals surface area (Å²) in [5.74, 6) is -0.633. The molecule has 2 aromatic rings. The number of hydrogen-bond acceptors (Lipinski definition) is 5. The van der Waals surface area contributed by atoms with E-state index in [-0.39, 0.29) is 30.7 Å². The van der Waals surface area contributed by atoms with E-state index in [1.165, 1.54) is 10.5 Å². The minimum absolute atomic E-state index is 0.0138. The van der Waals surface area contributed by atoms with Gasteiger partial charge in [-0.25, -0.2) is 0 Å². The van der Waals surface area contributed by atoms with Crippen molar-refractivity contribution < 1.29 is 14.4 Å². The van der Waals surface area contributed by atoms with Crippen LogP contribution in [0, 0.1) is 0 Å². The molecule has 0 aliphatic carbocycles. The molecule has 28 heavy (non-hydrogen) atoms. The predicted molar refractivity (Wildman–Crippen MR) is 103 cm³/mol. The maximum Gasteiger partial charge on any atom is 0.261 e. The monoisotopic (exact) mass is 378 g/mol. The third-order valence-electron chi connectivity index (χ3n) is 5.31. The number of carbonyl (C=O) groups is 3. The Kier molecular flexibility index (Phi) is 5.16. The first-order chi connectivity index (χ1) is 13.6. The van der Waals surface area contributed by atoms with Crippen LogP contribution in [0.5, 0.6) is 0 Å². The first-order valence-corrected chi connectivity index (χ1v) is 9.48. The Labute approximate surface area is 163 Å². The molecule has 2 aliphatic heterocycles. The molecule has 0 radical (unpaired) electrons. The van der Waals surface area contributed by atoms with Crippen LogP contribution in [-0.4, -0.2) is 70.1 Å². The molecule has 3 heterocycles. The number of nitrogens with zero attached hydrogens (tertiary/aromatic N) is 4. The van der Waals surface area contributed by atoms with Gasteiger partial charge in [0.2, 0.25) is 5.91 Å². The molecule has 1 fully saturated rings.